The zero-order valence-electron chi connectivity index (χ0n) is 16.0. The SMILES string of the molecule is CCn1c(=NC(=O)Cc2ccc(S(C)(=O)=O)cc2)sc2cc3c(cc21)OCCO3. The summed E-state index contributed by atoms with van der Waals surface area (Å²) in [6.07, 6.45) is 1.26. The van der Waals surface area contributed by atoms with Crippen LogP contribution in [0, 0.1) is 0 Å². The number of ether oxygens (including phenoxy) is 2. The van der Waals surface area contributed by atoms with Crippen LogP contribution in [0.1, 0.15) is 12.5 Å². The Balaban J connectivity index is 1.65. The molecule has 9 heteroatoms. The molecule has 1 aromatic heterocycles. The molecule has 1 aliphatic heterocycles. The maximum atomic E-state index is 12.5. The predicted octanol–water partition coefficient (Wildman–Crippen LogP) is 2.57. The molecule has 0 unspecified atom stereocenters. The number of hydrogen-bond acceptors (Lipinski definition) is 6. The van der Waals surface area contributed by atoms with Crippen molar-refractivity contribution in [3.63, 3.8) is 0 Å². The molecule has 0 saturated heterocycles. The van der Waals surface area contributed by atoms with Crippen molar-refractivity contribution >= 4 is 37.3 Å². The van der Waals surface area contributed by atoms with Gasteiger partial charge in [0.05, 0.1) is 21.5 Å². The van der Waals surface area contributed by atoms with Gasteiger partial charge in [-0.3, -0.25) is 4.79 Å². The molecule has 0 fully saturated rings. The van der Waals surface area contributed by atoms with Gasteiger partial charge in [0.25, 0.3) is 5.91 Å². The molecule has 0 aliphatic carbocycles. The third kappa shape index (κ3) is 4.06. The molecule has 2 aromatic carbocycles. The molecule has 0 radical (unpaired) electrons. The van der Waals surface area contributed by atoms with E-state index in [-0.39, 0.29) is 17.2 Å². The highest BCUT2D eigenvalue weighted by atomic mass is 32.2. The van der Waals surface area contributed by atoms with Crippen LogP contribution in [0.25, 0.3) is 10.2 Å². The molecule has 1 amide bonds. The van der Waals surface area contributed by atoms with Crippen LogP contribution < -0.4 is 14.3 Å². The zero-order chi connectivity index (χ0) is 20.6. The Hall–Kier alpha value is -2.65. The number of carbonyl (C=O) groups excluding carboxylic acids is 1. The highest BCUT2D eigenvalue weighted by Crippen LogP contribution is 2.35. The van der Waals surface area contributed by atoms with E-state index < -0.39 is 9.84 Å². The van der Waals surface area contributed by atoms with Gasteiger partial charge in [-0.25, -0.2) is 8.42 Å². The molecule has 3 aromatic rings. The van der Waals surface area contributed by atoms with Crippen molar-refractivity contribution in [1.82, 2.24) is 4.57 Å². The number of benzene rings is 2. The molecule has 7 nitrogen and oxygen atoms in total. The summed E-state index contributed by atoms with van der Waals surface area (Å²) < 4.78 is 37.4. The Bertz CT molecular complexity index is 1250. The number of amides is 1. The summed E-state index contributed by atoms with van der Waals surface area (Å²) in [5.74, 6) is 1.12. The molecule has 0 saturated carbocycles. The lowest BCUT2D eigenvalue weighted by molar-refractivity contribution is -0.117. The van der Waals surface area contributed by atoms with Gasteiger partial charge in [0.1, 0.15) is 13.2 Å². The Kier molecular flexibility index (Phi) is 5.18. The Labute approximate surface area is 172 Å². The quantitative estimate of drug-likeness (QED) is 0.632. The highest BCUT2D eigenvalue weighted by molar-refractivity contribution is 7.90. The molecule has 0 spiro atoms. The first-order valence-corrected chi connectivity index (χ1v) is 11.9. The van der Waals surface area contributed by atoms with Gasteiger partial charge >= 0.3 is 0 Å². The summed E-state index contributed by atoms with van der Waals surface area (Å²) >= 11 is 1.43. The molecule has 0 N–H and O–H groups in total. The zero-order valence-corrected chi connectivity index (χ0v) is 17.7. The maximum Gasteiger partial charge on any atom is 0.252 e. The van der Waals surface area contributed by atoms with Gasteiger partial charge in [-0.05, 0) is 24.6 Å². The summed E-state index contributed by atoms with van der Waals surface area (Å²) in [5.41, 5.74) is 1.67. The number of thiazole rings is 1. The van der Waals surface area contributed by atoms with E-state index >= 15 is 0 Å². The van der Waals surface area contributed by atoms with Crippen molar-refractivity contribution in [3.8, 4) is 11.5 Å². The third-order valence-electron chi connectivity index (χ3n) is 4.59. The molecule has 4 rings (SSSR count). The van der Waals surface area contributed by atoms with Crippen LogP contribution in [0.2, 0.25) is 0 Å². The minimum absolute atomic E-state index is 0.102. The lowest BCUT2D eigenvalue weighted by Gasteiger charge is -2.18. The minimum atomic E-state index is -3.26. The predicted molar refractivity (Wildman–Crippen MR) is 110 cm³/mol. The second-order valence-corrected chi connectivity index (χ2v) is 9.72. The molecular weight excluding hydrogens is 412 g/mol. The minimum Gasteiger partial charge on any atom is -0.486 e. The average molecular weight is 433 g/mol. The first kappa shape index (κ1) is 19.7. The van der Waals surface area contributed by atoms with Gasteiger partial charge in [0.15, 0.2) is 26.1 Å². The highest BCUT2D eigenvalue weighted by Gasteiger charge is 2.16. The second-order valence-electron chi connectivity index (χ2n) is 6.69. The van der Waals surface area contributed by atoms with Crippen LogP contribution >= 0.6 is 11.3 Å². The lowest BCUT2D eigenvalue weighted by atomic mass is 10.1. The second kappa shape index (κ2) is 7.64. The lowest BCUT2D eigenvalue weighted by Crippen LogP contribution is -2.17. The number of fused-ring (bicyclic) bond motifs is 2. The van der Waals surface area contributed by atoms with E-state index in [0.29, 0.717) is 41.6 Å². The number of carbonyl (C=O) groups is 1. The van der Waals surface area contributed by atoms with Crippen LogP contribution in [0.3, 0.4) is 0 Å². The number of nitrogens with zero attached hydrogens (tertiary/aromatic N) is 2. The standard InChI is InChI=1S/C20H20N2O5S2/c1-3-22-15-11-16-17(27-9-8-26-16)12-18(15)28-20(22)21-19(23)10-13-4-6-14(7-5-13)29(2,24)25/h4-7,11-12H,3,8-10H2,1-2H3. The number of aromatic nitrogens is 1. The van der Waals surface area contributed by atoms with Gasteiger partial charge in [0.2, 0.25) is 0 Å². The number of aryl methyl sites for hydroxylation is 1. The van der Waals surface area contributed by atoms with Crippen LogP contribution in [-0.2, 0) is 27.6 Å². The summed E-state index contributed by atoms with van der Waals surface area (Å²) in [5, 5.41) is 0. The maximum absolute atomic E-state index is 12.5. The Morgan fingerprint density at radius 1 is 1.14 bits per heavy atom. The molecule has 0 bridgehead atoms. The van der Waals surface area contributed by atoms with E-state index in [1.807, 2.05) is 23.6 Å². The van der Waals surface area contributed by atoms with Crippen LogP contribution in [0.5, 0.6) is 11.5 Å². The Morgan fingerprint density at radius 3 is 2.41 bits per heavy atom. The van der Waals surface area contributed by atoms with E-state index in [1.54, 1.807) is 12.1 Å². The van der Waals surface area contributed by atoms with Crippen molar-refractivity contribution in [1.29, 1.82) is 0 Å². The summed E-state index contributed by atoms with van der Waals surface area (Å²) in [6, 6.07) is 10.2. The smallest absolute Gasteiger partial charge is 0.252 e. The molecular formula is C20H20N2O5S2. The molecule has 152 valence electrons. The van der Waals surface area contributed by atoms with E-state index in [1.165, 1.54) is 23.5 Å². The van der Waals surface area contributed by atoms with Crippen molar-refractivity contribution in [2.45, 2.75) is 24.8 Å². The van der Waals surface area contributed by atoms with Crippen LogP contribution in [-0.4, -0.2) is 38.4 Å². The third-order valence-corrected chi connectivity index (χ3v) is 6.76. The molecule has 0 atom stereocenters. The monoisotopic (exact) mass is 432 g/mol. The fourth-order valence-electron chi connectivity index (χ4n) is 3.17. The Morgan fingerprint density at radius 2 is 1.79 bits per heavy atom. The van der Waals surface area contributed by atoms with Crippen molar-refractivity contribution in [2.24, 2.45) is 4.99 Å². The molecule has 29 heavy (non-hydrogen) atoms. The molecule has 2 heterocycles. The van der Waals surface area contributed by atoms with Gasteiger partial charge in [-0.2, -0.15) is 4.99 Å². The largest absolute Gasteiger partial charge is 0.486 e. The van der Waals surface area contributed by atoms with Gasteiger partial charge in [-0.15, -0.1) is 0 Å². The van der Waals surface area contributed by atoms with E-state index in [0.717, 1.165) is 16.5 Å². The van der Waals surface area contributed by atoms with Crippen LogP contribution in [0.4, 0.5) is 0 Å². The number of rotatable bonds is 4. The van der Waals surface area contributed by atoms with Crippen molar-refractivity contribution < 1.29 is 22.7 Å². The average Bonchev–Trinajstić information content (AvgIpc) is 3.01. The number of hydrogen-bond donors (Lipinski definition) is 0. The molecule has 1 aliphatic rings. The van der Waals surface area contributed by atoms with E-state index in [9.17, 15) is 13.2 Å². The first-order valence-electron chi connectivity index (χ1n) is 9.14. The summed E-state index contributed by atoms with van der Waals surface area (Å²) in [6.45, 7) is 3.69. The van der Waals surface area contributed by atoms with Gasteiger partial charge in [-0.1, -0.05) is 23.5 Å². The van der Waals surface area contributed by atoms with E-state index in [4.69, 9.17) is 9.47 Å². The fraction of sp³-hybridized carbons (Fsp3) is 0.300. The van der Waals surface area contributed by atoms with Crippen molar-refractivity contribution in [2.75, 3.05) is 19.5 Å². The van der Waals surface area contributed by atoms with Crippen molar-refractivity contribution in [3.05, 3.63) is 46.8 Å². The topological polar surface area (TPSA) is 87.0 Å². The number of sulfone groups is 1. The summed E-state index contributed by atoms with van der Waals surface area (Å²) in [7, 11) is -3.26. The fourth-order valence-corrected chi connectivity index (χ4v) is 4.92. The van der Waals surface area contributed by atoms with Gasteiger partial charge < -0.3 is 14.0 Å². The summed E-state index contributed by atoms with van der Waals surface area (Å²) in [4.78, 5) is 17.7. The van der Waals surface area contributed by atoms with Crippen LogP contribution in [0.15, 0.2) is 46.3 Å². The van der Waals surface area contributed by atoms with Gasteiger partial charge in [0, 0.05) is 24.9 Å². The first-order chi connectivity index (χ1) is 13.8. The van der Waals surface area contributed by atoms with E-state index in [2.05, 4.69) is 4.99 Å². The normalized spacial score (nSPS) is 14.3.